The van der Waals surface area contributed by atoms with E-state index >= 15 is 0 Å². The molecule has 3 N–H and O–H groups in total. The second-order valence-electron chi connectivity index (χ2n) is 7.47. The molecule has 0 aromatic heterocycles. The number of aliphatic imine (C=N–C) groups is 1. The quantitative estimate of drug-likeness (QED) is 0.380. The molecule has 1 aromatic carbocycles. The van der Waals surface area contributed by atoms with Gasteiger partial charge in [-0.25, -0.2) is 0 Å². The second kappa shape index (κ2) is 10.4. The van der Waals surface area contributed by atoms with Crippen LogP contribution in [-0.4, -0.2) is 55.7 Å². The van der Waals surface area contributed by atoms with Crippen molar-refractivity contribution in [3.8, 4) is 0 Å². The van der Waals surface area contributed by atoms with Crippen LogP contribution in [0.15, 0.2) is 35.3 Å². The highest BCUT2D eigenvalue weighted by molar-refractivity contribution is 5.80. The van der Waals surface area contributed by atoms with Gasteiger partial charge in [0.25, 0.3) is 0 Å². The lowest BCUT2D eigenvalue weighted by Gasteiger charge is -2.24. The maximum atomic E-state index is 4.77. The summed E-state index contributed by atoms with van der Waals surface area (Å²) in [6.45, 7) is 7.24. The van der Waals surface area contributed by atoms with Gasteiger partial charge in [-0.05, 0) is 44.7 Å². The largest absolute Gasteiger partial charge is 0.385 e. The van der Waals surface area contributed by atoms with E-state index < -0.39 is 0 Å². The topological polar surface area (TPSA) is 51.7 Å². The summed E-state index contributed by atoms with van der Waals surface area (Å²) < 4.78 is 0. The monoisotopic (exact) mass is 357 g/mol. The normalized spacial score (nSPS) is 21.9. The molecule has 5 nitrogen and oxygen atoms in total. The highest BCUT2D eigenvalue weighted by Crippen LogP contribution is 2.26. The zero-order valence-electron chi connectivity index (χ0n) is 16.2. The maximum Gasteiger partial charge on any atom is 0.191 e. The predicted octanol–water partition coefficient (Wildman–Crippen LogP) is 3.06. The van der Waals surface area contributed by atoms with Crippen molar-refractivity contribution in [2.24, 2.45) is 4.99 Å². The Morgan fingerprint density at radius 3 is 2.73 bits per heavy atom. The van der Waals surface area contributed by atoms with Crippen molar-refractivity contribution in [3.63, 3.8) is 0 Å². The molecular weight excluding hydrogens is 322 g/mol. The summed E-state index contributed by atoms with van der Waals surface area (Å²) >= 11 is 0. The van der Waals surface area contributed by atoms with E-state index in [2.05, 4.69) is 52.0 Å². The van der Waals surface area contributed by atoms with Crippen molar-refractivity contribution in [1.29, 1.82) is 0 Å². The van der Waals surface area contributed by atoms with E-state index in [9.17, 15) is 0 Å². The van der Waals surface area contributed by atoms with E-state index in [0.717, 1.165) is 38.1 Å². The van der Waals surface area contributed by atoms with Crippen LogP contribution in [0.5, 0.6) is 0 Å². The van der Waals surface area contributed by atoms with Crippen molar-refractivity contribution in [1.82, 2.24) is 15.5 Å². The van der Waals surface area contributed by atoms with Crippen LogP contribution in [0.25, 0.3) is 0 Å². The molecule has 2 fully saturated rings. The molecule has 5 heteroatoms. The van der Waals surface area contributed by atoms with Crippen LogP contribution in [0.4, 0.5) is 5.69 Å². The van der Waals surface area contributed by atoms with Gasteiger partial charge < -0.3 is 16.0 Å². The number of para-hydroxylation sites is 1. The van der Waals surface area contributed by atoms with Crippen LogP contribution < -0.4 is 16.0 Å². The van der Waals surface area contributed by atoms with Gasteiger partial charge in [0, 0.05) is 50.5 Å². The van der Waals surface area contributed by atoms with E-state index in [1.807, 2.05) is 6.07 Å². The zero-order valence-corrected chi connectivity index (χ0v) is 16.2. The molecule has 0 amide bonds. The molecule has 1 atom stereocenters. The van der Waals surface area contributed by atoms with Gasteiger partial charge in [-0.3, -0.25) is 9.89 Å². The van der Waals surface area contributed by atoms with Crippen molar-refractivity contribution in [3.05, 3.63) is 30.3 Å². The van der Waals surface area contributed by atoms with Gasteiger partial charge in [-0.1, -0.05) is 31.0 Å². The molecule has 1 unspecified atom stereocenters. The van der Waals surface area contributed by atoms with Crippen LogP contribution in [0.2, 0.25) is 0 Å². The second-order valence-corrected chi connectivity index (χ2v) is 7.47. The fraction of sp³-hybridized carbons (Fsp3) is 0.667. The number of likely N-dealkylation sites (tertiary alicyclic amines) is 1. The van der Waals surface area contributed by atoms with Gasteiger partial charge in [0.15, 0.2) is 5.96 Å². The Balaban J connectivity index is 1.38. The van der Waals surface area contributed by atoms with E-state index in [0.29, 0.717) is 6.04 Å². The third kappa shape index (κ3) is 5.90. The molecule has 144 valence electrons. The van der Waals surface area contributed by atoms with E-state index in [1.54, 1.807) is 0 Å². The van der Waals surface area contributed by atoms with Crippen molar-refractivity contribution >= 4 is 11.6 Å². The fourth-order valence-electron chi connectivity index (χ4n) is 4.08. The summed E-state index contributed by atoms with van der Waals surface area (Å²) in [5, 5.41) is 10.5. The molecule has 1 saturated heterocycles. The Morgan fingerprint density at radius 2 is 1.96 bits per heavy atom. The maximum absolute atomic E-state index is 4.77. The molecule has 26 heavy (non-hydrogen) atoms. The number of guanidine groups is 1. The van der Waals surface area contributed by atoms with Crippen molar-refractivity contribution in [2.45, 2.75) is 57.5 Å². The molecule has 0 radical (unpaired) electrons. The molecular formula is C21H35N5. The molecule has 1 saturated carbocycles. The molecule has 0 spiro atoms. The standard InChI is InChI=1S/C21H35N5/c1-2-22-21(24-15-8-14-23-18-9-4-3-5-10-18)25-19-13-16-26(17-19)20-11-6-7-12-20/h3-5,9-10,19-20,23H,2,6-8,11-17H2,1H3,(H2,22,24,25). The molecule has 3 rings (SSSR count). The number of hydrogen-bond acceptors (Lipinski definition) is 3. The lowest BCUT2D eigenvalue weighted by atomic mass is 10.2. The Kier molecular flexibility index (Phi) is 7.62. The first-order valence-corrected chi connectivity index (χ1v) is 10.4. The number of benzene rings is 1. The summed E-state index contributed by atoms with van der Waals surface area (Å²) in [5.41, 5.74) is 1.18. The van der Waals surface area contributed by atoms with Gasteiger partial charge in [-0.2, -0.15) is 0 Å². The minimum absolute atomic E-state index is 0.538. The Labute approximate surface area is 158 Å². The van der Waals surface area contributed by atoms with E-state index in [1.165, 1.54) is 50.9 Å². The Morgan fingerprint density at radius 1 is 1.15 bits per heavy atom. The number of nitrogens with one attached hydrogen (secondary N) is 3. The predicted molar refractivity (Wildman–Crippen MR) is 111 cm³/mol. The van der Waals surface area contributed by atoms with Gasteiger partial charge in [0.1, 0.15) is 0 Å². The third-order valence-electron chi connectivity index (χ3n) is 5.45. The Hall–Kier alpha value is -1.75. The third-order valence-corrected chi connectivity index (χ3v) is 5.45. The molecule has 1 heterocycles. The lowest BCUT2D eigenvalue weighted by molar-refractivity contribution is 0.242. The number of rotatable bonds is 8. The number of nitrogens with zero attached hydrogens (tertiary/aromatic N) is 2. The summed E-state index contributed by atoms with van der Waals surface area (Å²) in [4.78, 5) is 7.46. The first-order chi connectivity index (χ1) is 12.8. The van der Waals surface area contributed by atoms with Crippen molar-refractivity contribution < 1.29 is 0 Å². The molecule has 0 bridgehead atoms. The Bertz CT molecular complexity index is 539. The van der Waals surface area contributed by atoms with Crippen molar-refractivity contribution in [2.75, 3.05) is 38.0 Å². The smallest absolute Gasteiger partial charge is 0.191 e. The minimum Gasteiger partial charge on any atom is -0.385 e. The van der Waals surface area contributed by atoms with Gasteiger partial charge in [-0.15, -0.1) is 0 Å². The highest BCUT2D eigenvalue weighted by Gasteiger charge is 2.30. The zero-order chi connectivity index (χ0) is 18.0. The highest BCUT2D eigenvalue weighted by atomic mass is 15.3. The SMILES string of the molecule is CCNC(=NCCCNc1ccccc1)NC1CCN(C2CCCC2)C1. The van der Waals surface area contributed by atoms with Gasteiger partial charge in [0.2, 0.25) is 0 Å². The summed E-state index contributed by atoms with van der Waals surface area (Å²) in [5.74, 6) is 0.977. The van der Waals surface area contributed by atoms with Gasteiger partial charge in [0.05, 0.1) is 0 Å². The molecule has 1 aliphatic heterocycles. The summed E-state index contributed by atoms with van der Waals surface area (Å²) in [7, 11) is 0. The van der Waals surface area contributed by atoms with E-state index in [4.69, 9.17) is 4.99 Å². The molecule has 1 aliphatic carbocycles. The first kappa shape index (κ1) is 19.0. The minimum atomic E-state index is 0.538. The average Bonchev–Trinajstić information content (AvgIpc) is 3.34. The van der Waals surface area contributed by atoms with Crippen LogP contribution >= 0.6 is 0 Å². The molecule has 1 aromatic rings. The average molecular weight is 358 g/mol. The number of hydrogen-bond donors (Lipinski definition) is 3. The lowest BCUT2D eigenvalue weighted by Crippen LogP contribution is -2.45. The fourth-order valence-corrected chi connectivity index (χ4v) is 4.08. The van der Waals surface area contributed by atoms with Crippen LogP contribution in [0.1, 0.15) is 45.4 Å². The van der Waals surface area contributed by atoms with E-state index in [-0.39, 0.29) is 0 Å². The summed E-state index contributed by atoms with van der Waals surface area (Å²) in [6, 6.07) is 11.7. The van der Waals surface area contributed by atoms with Crippen LogP contribution in [0.3, 0.4) is 0 Å². The summed E-state index contributed by atoms with van der Waals surface area (Å²) in [6.07, 6.45) is 7.89. The first-order valence-electron chi connectivity index (χ1n) is 10.4. The van der Waals surface area contributed by atoms with Gasteiger partial charge >= 0.3 is 0 Å². The van der Waals surface area contributed by atoms with Crippen LogP contribution in [-0.2, 0) is 0 Å². The molecule has 2 aliphatic rings. The number of anilines is 1. The van der Waals surface area contributed by atoms with Crippen LogP contribution in [0, 0.1) is 0 Å².